The SMILES string of the molecule is CCC(C)[C@@H](c1ccc(Cl)s1)N1CCNCC1. The lowest BCUT2D eigenvalue weighted by atomic mass is 9.95. The molecule has 2 rings (SSSR count). The van der Waals surface area contributed by atoms with Gasteiger partial charge < -0.3 is 5.32 Å². The fourth-order valence-corrected chi connectivity index (χ4v) is 3.82. The molecule has 17 heavy (non-hydrogen) atoms. The Morgan fingerprint density at radius 2 is 2.12 bits per heavy atom. The zero-order valence-corrected chi connectivity index (χ0v) is 12.2. The fraction of sp³-hybridized carbons (Fsp3) is 0.692. The summed E-state index contributed by atoms with van der Waals surface area (Å²) in [6.07, 6.45) is 1.21. The predicted octanol–water partition coefficient (Wildman–Crippen LogP) is 3.39. The average Bonchev–Trinajstić information content (AvgIpc) is 2.77. The van der Waals surface area contributed by atoms with Crippen LogP contribution in [0.1, 0.15) is 31.2 Å². The van der Waals surface area contributed by atoms with Gasteiger partial charge in [-0.1, -0.05) is 31.9 Å². The maximum Gasteiger partial charge on any atom is 0.0931 e. The Bertz CT molecular complexity index is 347. The molecule has 1 fully saturated rings. The van der Waals surface area contributed by atoms with Crippen molar-refractivity contribution in [3.05, 3.63) is 21.3 Å². The van der Waals surface area contributed by atoms with Gasteiger partial charge in [-0.3, -0.25) is 4.90 Å². The van der Waals surface area contributed by atoms with E-state index in [0.717, 1.165) is 30.5 Å². The van der Waals surface area contributed by atoms with Gasteiger partial charge in [-0.2, -0.15) is 0 Å². The van der Waals surface area contributed by atoms with Crippen molar-refractivity contribution in [2.24, 2.45) is 5.92 Å². The summed E-state index contributed by atoms with van der Waals surface area (Å²) in [7, 11) is 0. The summed E-state index contributed by atoms with van der Waals surface area (Å²) < 4.78 is 0.906. The van der Waals surface area contributed by atoms with Crippen molar-refractivity contribution >= 4 is 22.9 Å². The standard InChI is InChI=1S/C13H21ClN2S/c1-3-10(2)13(11-4-5-12(14)17-11)16-8-6-15-7-9-16/h4-5,10,13,15H,3,6-9H2,1-2H3/t10?,13-/m0/s1. The zero-order chi connectivity index (χ0) is 12.3. The van der Waals surface area contributed by atoms with Crippen molar-refractivity contribution in [1.29, 1.82) is 0 Å². The van der Waals surface area contributed by atoms with E-state index in [2.05, 4.69) is 30.1 Å². The molecule has 0 aromatic carbocycles. The minimum absolute atomic E-state index is 0.541. The summed E-state index contributed by atoms with van der Waals surface area (Å²) in [5.41, 5.74) is 0. The van der Waals surface area contributed by atoms with Crippen LogP contribution >= 0.6 is 22.9 Å². The minimum atomic E-state index is 0.541. The quantitative estimate of drug-likeness (QED) is 0.904. The van der Waals surface area contributed by atoms with Crippen LogP contribution < -0.4 is 5.32 Å². The van der Waals surface area contributed by atoms with E-state index in [9.17, 15) is 0 Å². The number of nitrogens with one attached hydrogen (secondary N) is 1. The van der Waals surface area contributed by atoms with Crippen LogP contribution in [0.3, 0.4) is 0 Å². The highest BCUT2D eigenvalue weighted by Gasteiger charge is 2.27. The molecule has 2 heterocycles. The number of rotatable bonds is 4. The molecule has 0 saturated carbocycles. The lowest BCUT2D eigenvalue weighted by Gasteiger charge is -2.37. The van der Waals surface area contributed by atoms with E-state index in [1.165, 1.54) is 11.3 Å². The Labute approximate surface area is 113 Å². The lowest BCUT2D eigenvalue weighted by Crippen LogP contribution is -2.46. The molecular weight excluding hydrogens is 252 g/mol. The number of thiophene rings is 1. The molecule has 0 aliphatic carbocycles. The van der Waals surface area contributed by atoms with E-state index in [0.29, 0.717) is 12.0 Å². The van der Waals surface area contributed by atoms with Gasteiger partial charge >= 0.3 is 0 Å². The molecule has 2 nitrogen and oxygen atoms in total. The molecule has 2 atom stereocenters. The number of hydrogen-bond donors (Lipinski definition) is 1. The lowest BCUT2D eigenvalue weighted by molar-refractivity contribution is 0.131. The molecule has 1 saturated heterocycles. The van der Waals surface area contributed by atoms with E-state index in [1.807, 2.05) is 6.07 Å². The third-order valence-corrected chi connectivity index (χ3v) is 4.92. The topological polar surface area (TPSA) is 15.3 Å². The highest BCUT2D eigenvalue weighted by molar-refractivity contribution is 7.16. The number of nitrogens with zero attached hydrogens (tertiary/aromatic N) is 1. The van der Waals surface area contributed by atoms with Gasteiger partial charge in [-0.25, -0.2) is 0 Å². The van der Waals surface area contributed by atoms with Crippen molar-refractivity contribution in [1.82, 2.24) is 10.2 Å². The molecule has 0 amide bonds. The first-order valence-electron chi connectivity index (χ1n) is 6.42. The van der Waals surface area contributed by atoms with Crippen LogP contribution in [0.5, 0.6) is 0 Å². The summed E-state index contributed by atoms with van der Waals surface area (Å²) in [6.45, 7) is 9.11. The van der Waals surface area contributed by atoms with Crippen LogP contribution in [0.25, 0.3) is 0 Å². The Morgan fingerprint density at radius 3 is 2.65 bits per heavy atom. The molecule has 1 aromatic heterocycles. The van der Waals surface area contributed by atoms with Gasteiger partial charge in [0, 0.05) is 37.1 Å². The molecule has 1 N–H and O–H groups in total. The monoisotopic (exact) mass is 272 g/mol. The van der Waals surface area contributed by atoms with Crippen molar-refractivity contribution in [3.8, 4) is 0 Å². The maximum absolute atomic E-state index is 6.08. The van der Waals surface area contributed by atoms with Gasteiger partial charge in [0.2, 0.25) is 0 Å². The average molecular weight is 273 g/mol. The maximum atomic E-state index is 6.08. The second-order valence-corrected chi connectivity index (χ2v) is 6.50. The Hall–Kier alpha value is -0.0900. The van der Waals surface area contributed by atoms with Crippen molar-refractivity contribution in [3.63, 3.8) is 0 Å². The first-order valence-corrected chi connectivity index (χ1v) is 7.61. The molecule has 1 aliphatic heterocycles. The molecule has 0 spiro atoms. The highest BCUT2D eigenvalue weighted by Crippen LogP contribution is 2.36. The van der Waals surface area contributed by atoms with E-state index < -0.39 is 0 Å². The van der Waals surface area contributed by atoms with Gasteiger partial charge in [0.25, 0.3) is 0 Å². The predicted molar refractivity (Wildman–Crippen MR) is 76.0 cm³/mol. The van der Waals surface area contributed by atoms with Crippen LogP contribution in [0.2, 0.25) is 4.34 Å². The van der Waals surface area contributed by atoms with E-state index in [1.54, 1.807) is 11.3 Å². The molecule has 1 unspecified atom stereocenters. The summed E-state index contributed by atoms with van der Waals surface area (Å²) >= 11 is 7.82. The third-order valence-electron chi connectivity index (χ3n) is 3.61. The molecule has 0 radical (unpaired) electrons. The second-order valence-electron chi connectivity index (χ2n) is 4.76. The van der Waals surface area contributed by atoms with E-state index >= 15 is 0 Å². The van der Waals surface area contributed by atoms with Crippen LogP contribution in [0.4, 0.5) is 0 Å². The molecule has 4 heteroatoms. The Kier molecular flexibility index (Phi) is 4.86. The Morgan fingerprint density at radius 1 is 1.41 bits per heavy atom. The molecule has 96 valence electrons. The summed E-state index contributed by atoms with van der Waals surface area (Å²) in [5, 5.41) is 3.42. The van der Waals surface area contributed by atoms with Gasteiger partial charge in [-0.05, 0) is 18.1 Å². The first-order chi connectivity index (χ1) is 8.22. The second kappa shape index (κ2) is 6.19. The van der Waals surface area contributed by atoms with Gasteiger partial charge in [-0.15, -0.1) is 11.3 Å². The molecule has 0 bridgehead atoms. The van der Waals surface area contributed by atoms with Gasteiger partial charge in [0.1, 0.15) is 0 Å². The summed E-state index contributed by atoms with van der Waals surface area (Å²) in [4.78, 5) is 4.03. The van der Waals surface area contributed by atoms with E-state index in [-0.39, 0.29) is 0 Å². The number of piperazine rings is 1. The molecule has 1 aliphatic rings. The highest BCUT2D eigenvalue weighted by atomic mass is 35.5. The smallest absolute Gasteiger partial charge is 0.0931 e. The van der Waals surface area contributed by atoms with Crippen LogP contribution in [-0.2, 0) is 0 Å². The van der Waals surface area contributed by atoms with Crippen molar-refractivity contribution in [2.45, 2.75) is 26.3 Å². The van der Waals surface area contributed by atoms with Gasteiger partial charge in [0.15, 0.2) is 0 Å². The summed E-state index contributed by atoms with van der Waals surface area (Å²) in [6, 6.07) is 4.77. The molecular formula is C13H21ClN2S. The van der Waals surface area contributed by atoms with Crippen LogP contribution in [-0.4, -0.2) is 31.1 Å². The van der Waals surface area contributed by atoms with Crippen molar-refractivity contribution < 1.29 is 0 Å². The normalized spacial score (nSPS) is 21.4. The first kappa shape index (κ1) is 13.3. The summed E-state index contributed by atoms with van der Waals surface area (Å²) in [5.74, 6) is 0.683. The van der Waals surface area contributed by atoms with Crippen molar-refractivity contribution in [2.75, 3.05) is 26.2 Å². The van der Waals surface area contributed by atoms with E-state index in [4.69, 9.17) is 11.6 Å². The molecule has 1 aromatic rings. The van der Waals surface area contributed by atoms with Gasteiger partial charge in [0.05, 0.1) is 4.34 Å². The third kappa shape index (κ3) is 3.22. The van der Waals surface area contributed by atoms with Crippen LogP contribution in [0.15, 0.2) is 12.1 Å². The number of halogens is 1. The minimum Gasteiger partial charge on any atom is -0.314 e. The number of hydrogen-bond acceptors (Lipinski definition) is 3. The Balaban J connectivity index is 2.17. The van der Waals surface area contributed by atoms with Crippen LogP contribution in [0, 0.1) is 5.92 Å². The fourth-order valence-electron chi connectivity index (χ4n) is 2.49. The zero-order valence-electron chi connectivity index (χ0n) is 10.6. The largest absolute Gasteiger partial charge is 0.314 e.